The topological polar surface area (TPSA) is 29.5 Å². The van der Waals surface area contributed by atoms with Crippen LogP contribution in [0.3, 0.4) is 0 Å². The third-order valence-electron chi connectivity index (χ3n) is 2.49. The van der Waals surface area contributed by atoms with E-state index in [0.29, 0.717) is 0 Å². The Morgan fingerprint density at radius 3 is 1.00 bits per heavy atom. The Kier molecular flexibility index (Phi) is 3.72. The number of hydrogen-bond acceptors (Lipinski definition) is 2. The van der Waals surface area contributed by atoms with Gasteiger partial charge in [0, 0.05) is 10.8 Å². The van der Waals surface area contributed by atoms with Crippen molar-refractivity contribution in [2.24, 2.45) is 10.8 Å². The van der Waals surface area contributed by atoms with E-state index >= 15 is 0 Å². The van der Waals surface area contributed by atoms with Crippen LogP contribution in [0.1, 0.15) is 62.3 Å². The van der Waals surface area contributed by atoms with Crippen LogP contribution in [0.4, 0.5) is 0 Å². The summed E-state index contributed by atoms with van der Waals surface area (Å²) >= 11 is 0. The smallest absolute Gasteiger partial charge is 0.175 e. The van der Waals surface area contributed by atoms with Crippen molar-refractivity contribution in [2.45, 2.75) is 73.7 Å². The summed E-state index contributed by atoms with van der Waals surface area (Å²) in [5.74, 6) is -1.14. The molecule has 0 fully saturated rings. The predicted molar refractivity (Wildman–Crippen MR) is 64.7 cm³/mol. The van der Waals surface area contributed by atoms with Gasteiger partial charge in [-0.2, -0.15) is 0 Å². The largest absolute Gasteiger partial charge is 0.365 e. The summed E-state index contributed by atoms with van der Waals surface area (Å²) in [7, 11) is 0. The lowest BCUT2D eigenvalue weighted by Gasteiger charge is -2.51. The van der Waals surface area contributed by atoms with Crippen LogP contribution < -0.4 is 0 Å². The van der Waals surface area contributed by atoms with Crippen LogP contribution in [-0.2, 0) is 4.74 Å². The van der Waals surface area contributed by atoms with Crippen molar-refractivity contribution in [1.82, 2.24) is 0 Å². The first-order chi connectivity index (χ1) is 6.21. The van der Waals surface area contributed by atoms with Gasteiger partial charge in [0.1, 0.15) is 0 Å². The Morgan fingerprint density at radius 1 is 0.667 bits per heavy atom. The van der Waals surface area contributed by atoms with Crippen LogP contribution in [0.2, 0.25) is 0 Å². The minimum absolute atomic E-state index is 0.321. The fourth-order valence-corrected chi connectivity index (χ4v) is 1.87. The van der Waals surface area contributed by atoms with Crippen LogP contribution in [-0.4, -0.2) is 16.5 Å². The normalized spacial score (nSPS) is 15.6. The van der Waals surface area contributed by atoms with Gasteiger partial charge < -0.3 is 9.84 Å². The first-order valence-electron chi connectivity index (χ1n) is 5.63. The molecule has 0 unspecified atom stereocenters. The number of rotatable bonds is 1. The highest BCUT2D eigenvalue weighted by molar-refractivity contribution is 4.93. The Balaban J connectivity index is 5.26. The standard InChI is InChI=1S/C13H28O2/c1-10(2,3)13(14,11(4,5)6)15-12(7,8)9/h14H,1-9H3. The molecule has 0 amide bonds. The summed E-state index contributed by atoms with van der Waals surface area (Å²) in [5, 5.41) is 10.8. The Labute approximate surface area is 95.0 Å². The number of hydrogen-bond donors (Lipinski definition) is 1. The lowest BCUT2D eigenvalue weighted by Crippen LogP contribution is -2.58. The van der Waals surface area contributed by atoms with E-state index in [2.05, 4.69) is 0 Å². The van der Waals surface area contributed by atoms with Gasteiger partial charge in [-0.25, -0.2) is 0 Å². The van der Waals surface area contributed by atoms with Gasteiger partial charge in [0.05, 0.1) is 5.60 Å². The second-order valence-corrected chi connectivity index (χ2v) is 7.36. The Morgan fingerprint density at radius 2 is 0.933 bits per heavy atom. The Hall–Kier alpha value is -0.0800. The molecule has 0 aliphatic rings. The molecule has 0 aromatic carbocycles. The van der Waals surface area contributed by atoms with Crippen molar-refractivity contribution in [3.63, 3.8) is 0 Å². The highest BCUT2D eigenvalue weighted by Crippen LogP contribution is 2.46. The van der Waals surface area contributed by atoms with Crippen molar-refractivity contribution in [2.75, 3.05) is 0 Å². The molecule has 0 aromatic rings. The highest BCUT2D eigenvalue weighted by atomic mass is 16.6. The highest BCUT2D eigenvalue weighted by Gasteiger charge is 2.52. The van der Waals surface area contributed by atoms with Crippen molar-refractivity contribution < 1.29 is 9.84 Å². The molecule has 0 aliphatic carbocycles. The SMILES string of the molecule is CC(C)(C)OC(O)(C(C)(C)C)C(C)(C)C. The van der Waals surface area contributed by atoms with Crippen LogP contribution >= 0.6 is 0 Å². The van der Waals surface area contributed by atoms with Crippen LogP contribution in [0.15, 0.2) is 0 Å². The van der Waals surface area contributed by atoms with Gasteiger partial charge in [0.25, 0.3) is 0 Å². The maximum absolute atomic E-state index is 10.8. The average molecular weight is 216 g/mol. The van der Waals surface area contributed by atoms with Gasteiger partial charge in [-0.05, 0) is 20.8 Å². The van der Waals surface area contributed by atoms with E-state index in [4.69, 9.17) is 4.74 Å². The quantitative estimate of drug-likeness (QED) is 0.679. The van der Waals surface area contributed by atoms with Crippen LogP contribution in [0.5, 0.6) is 0 Å². The molecule has 0 saturated carbocycles. The molecule has 0 rings (SSSR count). The van der Waals surface area contributed by atoms with Gasteiger partial charge in [0.2, 0.25) is 0 Å². The molecule has 0 radical (unpaired) electrons. The van der Waals surface area contributed by atoms with Gasteiger partial charge in [-0.1, -0.05) is 41.5 Å². The lowest BCUT2D eigenvalue weighted by molar-refractivity contribution is -0.346. The molecule has 0 heterocycles. The van der Waals surface area contributed by atoms with Crippen molar-refractivity contribution >= 4 is 0 Å². The summed E-state index contributed by atoms with van der Waals surface area (Å²) < 4.78 is 5.91. The number of ether oxygens (including phenoxy) is 1. The molecule has 2 nitrogen and oxygen atoms in total. The van der Waals surface area contributed by atoms with E-state index in [1.54, 1.807) is 0 Å². The van der Waals surface area contributed by atoms with E-state index in [9.17, 15) is 5.11 Å². The average Bonchev–Trinajstić information content (AvgIpc) is 1.77. The molecule has 0 bridgehead atoms. The molecule has 92 valence electrons. The second kappa shape index (κ2) is 3.74. The molecule has 0 saturated heterocycles. The lowest BCUT2D eigenvalue weighted by atomic mass is 9.70. The first kappa shape index (κ1) is 14.9. The molecule has 0 aliphatic heterocycles. The molecule has 0 atom stereocenters. The molecule has 15 heavy (non-hydrogen) atoms. The fourth-order valence-electron chi connectivity index (χ4n) is 1.87. The minimum atomic E-state index is -1.14. The van der Waals surface area contributed by atoms with Gasteiger partial charge >= 0.3 is 0 Å². The molecule has 0 spiro atoms. The fraction of sp³-hybridized carbons (Fsp3) is 1.00. The van der Waals surface area contributed by atoms with E-state index in [-0.39, 0.29) is 16.4 Å². The predicted octanol–water partition coefficient (Wildman–Crippen LogP) is 3.58. The summed E-state index contributed by atoms with van der Waals surface area (Å²) in [6.07, 6.45) is 0. The summed E-state index contributed by atoms with van der Waals surface area (Å²) in [6, 6.07) is 0. The van der Waals surface area contributed by atoms with Gasteiger partial charge in [0.15, 0.2) is 5.79 Å². The van der Waals surface area contributed by atoms with E-state index in [0.717, 1.165) is 0 Å². The molecule has 1 N–H and O–H groups in total. The summed E-state index contributed by atoms with van der Waals surface area (Å²) in [6.45, 7) is 17.9. The van der Waals surface area contributed by atoms with Crippen LogP contribution in [0.25, 0.3) is 0 Å². The zero-order valence-electron chi connectivity index (χ0n) is 11.9. The summed E-state index contributed by atoms with van der Waals surface area (Å²) in [4.78, 5) is 0. The molecule has 2 heteroatoms. The van der Waals surface area contributed by atoms with E-state index < -0.39 is 5.79 Å². The zero-order chi connectivity index (χ0) is 12.7. The molecular weight excluding hydrogens is 188 g/mol. The van der Waals surface area contributed by atoms with Crippen LogP contribution in [0, 0.1) is 10.8 Å². The first-order valence-corrected chi connectivity index (χ1v) is 5.63. The van der Waals surface area contributed by atoms with Crippen molar-refractivity contribution in [3.8, 4) is 0 Å². The maximum Gasteiger partial charge on any atom is 0.175 e. The monoisotopic (exact) mass is 216 g/mol. The van der Waals surface area contributed by atoms with Gasteiger partial charge in [-0.3, -0.25) is 0 Å². The zero-order valence-corrected chi connectivity index (χ0v) is 11.9. The van der Waals surface area contributed by atoms with Gasteiger partial charge in [-0.15, -0.1) is 0 Å². The Bertz CT molecular complexity index is 196. The maximum atomic E-state index is 10.8. The molecular formula is C13H28O2. The second-order valence-electron chi connectivity index (χ2n) is 7.36. The third kappa shape index (κ3) is 3.46. The third-order valence-corrected chi connectivity index (χ3v) is 2.49. The van der Waals surface area contributed by atoms with E-state index in [1.807, 2.05) is 62.3 Å². The van der Waals surface area contributed by atoms with Crippen molar-refractivity contribution in [1.29, 1.82) is 0 Å². The van der Waals surface area contributed by atoms with E-state index in [1.165, 1.54) is 0 Å². The summed E-state index contributed by atoms with van der Waals surface area (Å²) in [5.41, 5.74) is -0.994. The minimum Gasteiger partial charge on any atom is -0.365 e. The van der Waals surface area contributed by atoms with Crippen molar-refractivity contribution in [3.05, 3.63) is 0 Å². The number of aliphatic hydroxyl groups is 1. The molecule has 0 aromatic heterocycles.